The molecule has 0 aliphatic carbocycles. The van der Waals surface area contributed by atoms with E-state index in [4.69, 9.17) is 5.73 Å². The van der Waals surface area contributed by atoms with Crippen molar-refractivity contribution < 1.29 is 4.79 Å². The number of carbonyl (C=O) groups excluding carboxylic acids is 1. The fraction of sp³-hybridized carbons (Fsp3) is 0.100. The van der Waals surface area contributed by atoms with Gasteiger partial charge in [0, 0.05) is 11.8 Å². The van der Waals surface area contributed by atoms with Crippen LogP contribution in [0.1, 0.15) is 0 Å². The molecule has 15 heavy (non-hydrogen) atoms. The highest BCUT2D eigenvalue weighted by atomic mass is 16.2. The van der Waals surface area contributed by atoms with Crippen molar-refractivity contribution in [3.8, 4) is 0 Å². The van der Waals surface area contributed by atoms with E-state index in [0.29, 0.717) is 6.67 Å². The summed E-state index contributed by atoms with van der Waals surface area (Å²) in [6.07, 6.45) is 3.58. The lowest BCUT2D eigenvalue weighted by Crippen LogP contribution is -2.42. The van der Waals surface area contributed by atoms with E-state index in [0.717, 1.165) is 22.0 Å². The molecule has 74 valence electrons. The molecule has 5 heteroatoms. The Kier molecular flexibility index (Phi) is 1.45. The molecule has 0 atom stereocenters. The highest BCUT2D eigenvalue weighted by molar-refractivity contribution is 6.47. The lowest BCUT2D eigenvalue weighted by atomic mass is 10.1. The van der Waals surface area contributed by atoms with Crippen molar-refractivity contribution in [3.05, 3.63) is 22.8 Å². The second kappa shape index (κ2) is 2.66. The molecule has 0 unspecified atom stereocenters. The topological polar surface area (TPSA) is 72.7 Å². The van der Waals surface area contributed by atoms with Gasteiger partial charge in [-0.05, 0) is 18.2 Å². The van der Waals surface area contributed by atoms with Crippen LogP contribution in [-0.4, -0.2) is 29.2 Å². The molecule has 1 aromatic heterocycles. The molecular weight excluding hydrogens is 192 g/mol. The van der Waals surface area contributed by atoms with Gasteiger partial charge < -0.3 is 5.73 Å². The molecule has 0 radical (unpaired) electrons. The normalized spacial score (nSPS) is 16.8. The van der Waals surface area contributed by atoms with Crippen LogP contribution < -0.4 is 16.4 Å². The summed E-state index contributed by atoms with van der Waals surface area (Å²) in [5, 5.41) is 1.54. The largest absolute Gasteiger partial charge is 0.351 e. The summed E-state index contributed by atoms with van der Waals surface area (Å²) in [5.41, 5.74) is 7.03. The van der Waals surface area contributed by atoms with Crippen LogP contribution in [0.2, 0.25) is 0 Å². The molecule has 2 aliphatic rings. The van der Waals surface area contributed by atoms with Gasteiger partial charge in [-0.1, -0.05) is 0 Å². The predicted octanol–water partition coefficient (Wildman–Crippen LogP) is -1.16. The molecule has 2 N–H and O–H groups in total. The molecule has 1 amide bonds. The number of nitrogens with zero attached hydrogens (tertiary/aromatic N) is 3. The summed E-state index contributed by atoms with van der Waals surface area (Å²) in [6, 6.07) is 3.22. The van der Waals surface area contributed by atoms with Crippen molar-refractivity contribution in [2.24, 2.45) is 15.7 Å². The molecule has 1 aromatic rings. The minimum absolute atomic E-state index is 0.451. The molecule has 0 fully saturated rings. The Balaban J connectivity index is 2.47. The third kappa shape index (κ3) is 0.999. The van der Waals surface area contributed by atoms with Crippen molar-refractivity contribution >= 4 is 29.6 Å². The number of fused-ring (bicyclic) bond motifs is 3. The number of aromatic nitrogens is 1. The van der Waals surface area contributed by atoms with Crippen LogP contribution in [0.15, 0.2) is 22.1 Å². The number of hydrogen-bond donors (Lipinski definition) is 1. The van der Waals surface area contributed by atoms with Gasteiger partial charge in [-0.3, -0.25) is 14.6 Å². The molecule has 0 spiro atoms. The number of carbonyl (C=O) groups is 1. The van der Waals surface area contributed by atoms with E-state index in [9.17, 15) is 4.79 Å². The lowest BCUT2D eigenvalue weighted by molar-refractivity contribution is 0.249. The van der Waals surface area contributed by atoms with Gasteiger partial charge in [0.25, 0.3) is 0 Å². The second-order valence-corrected chi connectivity index (χ2v) is 3.37. The molecule has 3 rings (SSSR count). The Labute approximate surface area is 84.9 Å². The number of primary amides is 1. The molecule has 0 saturated carbocycles. The highest BCUT2D eigenvalue weighted by Crippen LogP contribution is 2.05. The lowest BCUT2D eigenvalue weighted by Gasteiger charge is -2.11. The summed E-state index contributed by atoms with van der Waals surface area (Å²) in [5.74, 6) is 0. The summed E-state index contributed by atoms with van der Waals surface area (Å²) in [4.78, 5) is 19.5. The summed E-state index contributed by atoms with van der Waals surface area (Å²) >= 11 is 0. The first-order valence-electron chi connectivity index (χ1n) is 4.55. The summed E-state index contributed by atoms with van der Waals surface area (Å²) < 4.78 is 1.46. The van der Waals surface area contributed by atoms with E-state index in [-0.39, 0.29) is 0 Å². The third-order valence-electron chi connectivity index (χ3n) is 2.51. The molecule has 0 saturated heterocycles. The van der Waals surface area contributed by atoms with Crippen LogP contribution in [0.5, 0.6) is 0 Å². The first-order chi connectivity index (χ1) is 7.27. The smallest absolute Gasteiger partial charge is 0.323 e. The van der Waals surface area contributed by atoms with Crippen molar-refractivity contribution in [2.75, 3.05) is 6.67 Å². The Morgan fingerprint density at radius 2 is 2.33 bits per heavy atom. The molecular formula is C10H8N4O. The average molecular weight is 200 g/mol. The van der Waals surface area contributed by atoms with Crippen molar-refractivity contribution in [1.29, 1.82) is 0 Å². The van der Waals surface area contributed by atoms with Crippen LogP contribution in [-0.2, 0) is 0 Å². The SMILES string of the molecule is NC(=O)n1c2ccc1=C1C=NCN=C1C=2. The molecule has 3 heterocycles. The first-order valence-corrected chi connectivity index (χ1v) is 4.55. The number of nitrogens with two attached hydrogens (primary N) is 1. The number of amides is 1. The molecule has 2 bridgehead atoms. The minimum atomic E-state index is -0.480. The summed E-state index contributed by atoms with van der Waals surface area (Å²) in [7, 11) is 0. The Morgan fingerprint density at radius 1 is 1.47 bits per heavy atom. The maximum Gasteiger partial charge on any atom is 0.323 e. The van der Waals surface area contributed by atoms with E-state index in [1.54, 1.807) is 6.21 Å². The van der Waals surface area contributed by atoms with Crippen molar-refractivity contribution in [1.82, 2.24) is 4.57 Å². The molecule has 2 aliphatic heterocycles. The van der Waals surface area contributed by atoms with Crippen LogP contribution in [0.25, 0.3) is 11.6 Å². The fourth-order valence-corrected chi connectivity index (χ4v) is 1.88. The van der Waals surface area contributed by atoms with Gasteiger partial charge in [0.05, 0.1) is 16.4 Å². The van der Waals surface area contributed by atoms with Crippen LogP contribution in [0, 0.1) is 0 Å². The highest BCUT2D eigenvalue weighted by Gasteiger charge is 2.16. The van der Waals surface area contributed by atoms with E-state index < -0.39 is 6.03 Å². The van der Waals surface area contributed by atoms with Gasteiger partial charge in [0.15, 0.2) is 0 Å². The minimum Gasteiger partial charge on any atom is -0.351 e. The van der Waals surface area contributed by atoms with E-state index in [2.05, 4.69) is 9.98 Å². The van der Waals surface area contributed by atoms with Crippen LogP contribution in [0.4, 0.5) is 4.79 Å². The maximum atomic E-state index is 11.2. The number of aliphatic imine (C=N–C) groups is 2. The quantitative estimate of drug-likeness (QED) is 0.564. The van der Waals surface area contributed by atoms with Gasteiger partial charge in [-0.15, -0.1) is 0 Å². The average Bonchev–Trinajstić information content (AvgIpc) is 2.55. The zero-order chi connectivity index (χ0) is 10.4. The second-order valence-electron chi connectivity index (χ2n) is 3.37. The Hall–Kier alpha value is -2.17. The molecule has 5 nitrogen and oxygen atoms in total. The van der Waals surface area contributed by atoms with Crippen molar-refractivity contribution in [3.63, 3.8) is 0 Å². The van der Waals surface area contributed by atoms with Gasteiger partial charge in [-0.2, -0.15) is 0 Å². The standard InChI is InChI=1S/C10H8N4O/c11-10(15)14-6-1-2-9(14)7-4-12-5-13-8(7)3-6/h1-4H,5H2,(H2,11,15). The number of hydrogen-bond acceptors (Lipinski definition) is 3. The Morgan fingerprint density at radius 3 is 3.13 bits per heavy atom. The van der Waals surface area contributed by atoms with Gasteiger partial charge in [-0.25, -0.2) is 4.79 Å². The zero-order valence-corrected chi connectivity index (χ0v) is 7.84. The fourth-order valence-electron chi connectivity index (χ4n) is 1.88. The van der Waals surface area contributed by atoms with Crippen LogP contribution >= 0.6 is 0 Å². The Bertz CT molecular complexity index is 633. The predicted molar refractivity (Wildman–Crippen MR) is 57.3 cm³/mol. The van der Waals surface area contributed by atoms with Crippen LogP contribution in [0.3, 0.4) is 0 Å². The maximum absolute atomic E-state index is 11.2. The monoisotopic (exact) mass is 200 g/mol. The molecule has 0 aromatic carbocycles. The number of rotatable bonds is 0. The van der Waals surface area contributed by atoms with E-state index >= 15 is 0 Å². The van der Waals surface area contributed by atoms with E-state index in [1.165, 1.54) is 4.57 Å². The van der Waals surface area contributed by atoms with Crippen molar-refractivity contribution in [2.45, 2.75) is 0 Å². The van der Waals surface area contributed by atoms with Gasteiger partial charge >= 0.3 is 6.03 Å². The van der Waals surface area contributed by atoms with Gasteiger partial charge in [0.2, 0.25) is 0 Å². The summed E-state index contributed by atoms with van der Waals surface area (Å²) in [6.45, 7) is 0.451. The first kappa shape index (κ1) is 8.16. The van der Waals surface area contributed by atoms with E-state index in [1.807, 2.05) is 18.2 Å². The third-order valence-corrected chi connectivity index (χ3v) is 2.51. The zero-order valence-electron chi connectivity index (χ0n) is 7.84. The van der Waals surface area contributed by atoms with Gasteiger partial charge in [0.1, 0.15) is 6.67 Å².